The molecule has 2 heterocycles. The highest BCUT2D eigenvalue weighted by Gasteiger charge is 2.33. The van der Waals surface area contributed by atoms with Crippen LogP contribution in [0.25, 0.3) is 6.08 Å². The van der Waals surface area contributed by atoms with E-state index in [0.717, 1.165) is 5.56 Å². The number of nitrogens with zero attached hydrogens (tertiary/aromatic N) is 2. The second-order valence-electron chi connectivity index (χ2n) is 7.45. The van der Waals surface area contributed by atoms with Crippen molar-refractivity contribution in [3.05, 3.63) is 94.6 Å². The maximum atomic E-state index is 13.6. The first-order valence-electron chi connectivity index (χ1n) is 10.7. The van der Waals surface area contributed by atoms with Crippen molar-refractivity contribution < 1.29 is 14.3 Å². The molecule has 0 saturated carbocycles. The van der Waals surface area contributed by atoms with E-state index in [1.807, 2.05) is 44.2 Å². The van der Waals surface area contributed by atoms with Gasteiger partial charge in [-0.3, -0.25) is 9.36 Å². The minimum Gasteiger partial charge on any atom is -0.491 e. The van der Waals surface area contributed by atoms with E-state index in [2.05, 4.69) is 4.99 Å². The van der Waals surface area contributed by atoms with E-state index in [4.69, 9.17) is 32.7 Å². The summed E-state index contributed by atoms with van der Waals surface area (Å²) in [4.78, 5) is 31.6. The number of fused-ring (bicyclic) bond motifs is 1. The van der Waals surface area contributed by atoms with E-state index in [1.54, 1.807) is 22.8 Å². The van der Waals surface area contributed by atoms with Crippen molar-refractivity contribution in [3.8, 4) is 5.75 Å². The van der Waals surface area contributed by atoms with E-state index in [0.29, 0.717) is 55.0 Å². The first-order valence-corrected chi connectivity index (χ1v) is 12.3. The molecule has 0 amide bonds. The molecule has 4 rings (SSSR count). The van der Waals surface area contributed by atoms with E-state index >= 15 is 0 Å². The predicted octanol–water partition coefficient (Wildman–Crippen LogP) is 4.50. The summed E-state index contributed by atoms with van der Waals surface area (Å²) in [5, 5.41) is 0.716. The number of methoxy groups -OCH3 is 1. The third kappa shape index (κ3) is 4.43. The summed E-state index contributed by atoms with van der Waals surface area (Å²) in [5.41, 5.74) is 2.14. The zero-order valence-corrected chi connectivity index (χ0v) is 21.1. The van der Waals surface area contributed by atoms with Gasteiger partial charge in [0.2, 0.25) is 0 Å². The van der Waals surface area contributed by atoms with Gasteiger partial charge in [-0.05, 0) is 42.7 Å². The van der Waals surface area contributed by atoms with Gasteiger partial charge in [-0.2, -0.15) is 0 Å². The van der Waals surface area contributed by atoms with E-state index < -0.39 is 12.0 Å². The Kier molecular flexibility index (Phi) is 7.26. The molecule has 9 heteroatoms. The van der Waals surface area contributed by atoms with E-state index in [9.17, 15) is 9.59 Å². The summed E-state index contributed by atoms with van der Waals surface area (Å²) < 4.78 is 12.6. The quantitative estimate of drug-likeness (QED) is 0.452. The van der Waals surface area contributed by atoms with Gasteiger partial charge in [-0.1, -0.05) is 71.8 Å². The summed E-state index contributed by atoms with van der Waals surface area (Å²) >= 11 is 13.9. The summed E-state index contributed by atoms with van der Waals surface area (Å²) in [5.74, 6) is -0.0994. The molecular formula is C25H22Cl2N2O4S. The van der Waals surface area contributed by atoms with Crippen LogP contribution in [0.3, 0.4) is 0 Å². The highest BCUT2D eigenvalue weighted by molar-refractivity contribution is 7.07. The van der Waals surface area contributed by atoms with Crippen molar-refractivity contribution in [2.24, 2.45) is 4.99 Å². The molecule has 0 radical (unpaired) electrons. The molecule has 0 saturated heterocycles. The Bertz CT molecular complexity index is 1440. The number of halogens is 2. The van der Waals surface area contributed by atoms with E-state index in [1.165, 1.54) is 18.4 Å². The summed E-state index contributed by atoms with van der Waals surface area (Å²) in [7, 11) is 1.33. The van der Waals surface area contributed by atoms with Gasteiger partial charge < -0.3 is 9.47 Å². The number of carbonyl (C=O) groups excluding carboxylic acids is 1. The van der Waals surface area contributed by atoms with Gasteiger partial charge in [0, 0.05) is 0 Å². The number of hydrogen-bond donors (Lipinski definition) is 0. The van der Waals surface area contributed by atoms with Crippen molar-refractivity contribution >= 4 is 46.6 Å². The van der Waals surface area contributed by atoms with Crippen LogP contribution in [-0.4, -0.2) is 24.3 Å². The SMILES string of the molecule is CCOc1c(Cl)cc(/C=c2\sc3n(c2=O)[C@H](c2ccccc2)C(C(=O)OC)=C(CC)N=3)cc1Cl. The zero-order valence-electron chi connectivity index (χ0n) is 18.8. The first-order chi connectivity index (χ1) is 16.4. The van der Waals surface area contributed by atoms with E-state index in [-0.39, 0.29) is 5.56 Å². The fourth-order valence-electron chi connectivity index (χ4n) is 3.91. The predicted molar refractivity (Wildman–Crippen MR) is 134 cm³/mol. The smallest absolute Gasteiger partial charge is 0.338 e. The second-order valence-corrected chi connectivity index (χ2v) is 9.27. The third-order valence-electron chi connectivity index (χ3n) is 5.37. The van der Waals surface area contributed by atoms with Gasteiger partial charge in [-0.15, -0.1) is 0 Å². The minimum atomic E-state index is -0.644. The van der Waals surface area contributed by atoms with Crippen LogP contribution in [0.2, 0.25) is 10.0 Å². The third-order valence-corrected chi connectivity index (χ3v) is 6.92. The lowest BCUT2D eigenvalue weighted by Crippen LogP contribution is -2.40. The number of carbonyl (C=O) groups is 1. The van der Waals surface area contributed by atoms with Gasteiger partial charge in [0.1, 0.15) is 0 Å². The molecule has 176 valence electrons. The molecular weight excluding hydrogens is 495 g/mol. The average Bonchev–Trinajstić information content (AvgIpc) is 3.14. The van der Waals surface area contributed by atoms with Crippen molar-refractivity contribution in [2.45, 2.75) is 26.3 Å². The fourth-order valence-corrected chi connectivity index (χ4v) is 5.54. The second kappa shape index (κ2) is 10.2. The Labute approximate surface area is 210 Å². The number of rotatable bonds is 6. The van der Waals surface area contributed by atoms with Crippen molar-refractivity contribution in [3.63, 3.8) is 0 Å². The Morgan fingerprint density at radius 3 is 2.44 bits per heavy atom. The lowest BCUT2D eigenvalue weighted by atomic mass is 9.95. The van der Waals surface area contributed by atoms with Crippen LogP contribution in [0.15, 0.2) is 63.5 Å². The number of hydrogen-bond acceptors (Lipinski definition) is 6. The molecule has 0 fully saturated rings. The maximum Gasteiger partial charge on any atom is 0.338 e. The Balaban J connectivity index is 1.95. The highest BCUT2D eigenvalue weighted by atomic mass is 35.5. The largest absolute Gasteiger partial charge is 0.491 e. The highest BCUT2D eigenvalue weighted by Crippen LogP contribution is 2.35. The molecule has 1 aromatic heterocycles. The Hall–Kier alpha value is -2.87. The Morgan fingerprint density at radius 2 is 1.85 bits per heavy atom. The molecule has 6 nitrogen and oxygen atoms in total. The fraction of sp³-hybridized carbons (Fsp3) is 0.240. The van der Waals surface area contributed by atoms with Crippen molar-refractivity contribution in [2.75, 3.05) is 13.7 Å². The molecule has 1 aliphatic heterocycles. The first kappa shape index (κ1) is 24.3. The van der Waals surface area contributed by atoms with Gasteiger partial charge in [0.05, 0.1) is 45.6 Å². The molecule has 0 N–H and O–H groups in total. The zero-order chi connectivity index (χ0) is 24.4. The van der Waals surface area contributed by atoms with Crippen LogP contribution in [0, 0.1) is 0 Å². The number of allylic oxidation sites excluding steroid dienone is 1. The average molecular weight is 517 g/mol. The molecule has 0 aliphatic carbocycles. The molecule has 1 atom stereocenters. The standard InChI is InChI=1S/C25H22Cl2N2O4S/c1-4-18-20(24(31)32-3)21(15-9-7-6-8-10-15)29-23(30)19(34-25(29)28-18)13-14-11-16(26)22(33-5-2)17(27)12-14/h6-13,21H,4-5H2,1-3H3/b19-13-/t21-/m1/s1. The lowest BCUT2D eigenvalue weighted by Gasteiger charge is -2.25. The van der Waals surface area contributed by atoms with Crippen LogP contribution in [0.1, 0.15) is 37.4 Å². The number of ether oxygens (including phenoxy) is 2. The topological polar surface area (TPSA) is 69.9 Å². The van der Waals surface area contributed by atoms with Gasteiger partial charge in [0.15, 0.2) is 10.6 Å². The number of aromatic nitrogens is 1. The van der Waals surface area contributed by atoms with Crippen LogP contribution >= 0.6 is 34.5 Å². The summed E-state index contributed by atoms with van der Waals surface area (Å²) in [6.45, 7) is 4.19. The monoisotopic (exact) mass is 516 g/mol. The summed E-state index contributed by atoms with van der Waals surface area (Å²) in [6, 6.07) is 12.1. The molecule has 0 spiro atoms. The van der Waals surface area contributed by atoms with Gasteiger partial charge >= 0.3 is 5.97 Å². The van der Waals surface area contributed by atoms with Crippen molar-refractivity contribution in [1.82, 2.24) is 4.57 Å². The number of esters is 1. The number of benzene rings is 2. The molecule has 2 aromatic carbocycles. The minimum absolute atomic E-state index is 0.268. The van der Waals surface area contributed by atoms with Gasteiger partial charge in [-0.25, -0.2) is 9.79 Å². The van der Waals surface area contributed by atoms with Crippen molar-refractivity contribution in [1.29, 1.82) is 0 Å². The molecule has 0 unspecified atom stereocenters. The normalized spacial score (nSPS) is 15.7. The number of thiazole rings is 1. The Morgan fingerprint density at radius 1 is 1.18 bits per heavy atom. The molecule has 1 aliphatic rings. The maximum absolute atomic E-state index is 13.6. The van der Waals surface area contributed by atoms with Crippen LogP contribution in [0.5, 0.6) is 5.75 Å². The lowest BCUT2D eigenvalue weighted by molar-refractivity contribution is -0.136. The van der Waals surface area contributed by atoms with Crippen LogP contribution in [0.4, 0.5) is 0 Å². The van der Waals surface area contributed by atoms with Crippen LogP contribution < -0.4 is 19.6 Å². The molecule has 0 bridgehead atoms. The summed E-state index contributed by atoms with van der Waals surface area (Å²) in [6.07, 6.45) is 2.23. The van der Waals surface area contributed by atoms with Gasteiger partial charge in [0.25, 0.3) is 5.56 Å². The molecule has 3 aromatic rings. The molecule has 34 heavy (non-hydrogen) atoms. The van der Waals surface area contributed by atoms with Crippen LogP contribution in [-0.2, 0) is 9.53 Å².